The van der Waals surface area contributed by atoms with E-state index in [2.05, 4.69) is 4.74 Å². The summed E-state index contributed by atoms with van der Waals surface area (Å²) in [6, 6.07) is 5.45. The van der Waals surface area contributed by atoms with E-state index in [9.17, 15) is 14.4 Å². The van der Waals surface area contributed by atoms with Gasteiger partial charge >= 0.3 is 11.9 Å². The minimum absolute atomic E-state index is 0.104. The van der Waals surface area contributed by atoms with Crippen LogP contribution < -0.4 is 0 Å². The number of hydrogen-bond donors (Lipinski definition) is 1. The third kappa shape index (κ3) is 3.71. The van der Waals surface area contributed by atoms with Crippen LogP contribution in [0.2, 0.25) is 0 Å². The summed E-state index contributed by atoms with van der Waals surface area (Å²) >= 11 is 0. The number of ketones is 1. The molecule has 0 aliphatic carbocycles. The van der Waals surface area contributed by atoms with E-state index in [1.165, 1.54) is 24.3 Å². The van der Waals surface area contributed by atoms with E-state index in [4.69, 9.17) is 5.11 Å². The molecule has 5 nitrogen and oxygen atoms in total. The van der Waals surface area contributed by atoms with Crippen LogP contribution in [0.15, 0.2) is 24.3 Å². The lowest BCUT2D eigenvalue weighted by molar-refractivity contribution is -0.142. The highest BCUT2D eigenvalue weighted by Crippen LogP contribution is 2.05. The Balaban J connectivity index is 2.64. The van der Waals surface area contributed by atoms with Gasteiger partial charge in [0.05, 0.1) is 5.56 Å². The van der Waals surface area contributed by atoms with Crippen molar-refractivity contribution in [3.8, 4) is 0 Å². The van der Waals surface area contributed by atoms with E-state index in [-0.39, 0.29) is 24.4 Å². The first-order valence-electron chi connectivity index (χ1n) is 5.06. The molecule has 1 aromatic carbocycles. The maximum atomic E-state index is 11.5. The summed E-state index contributed by atoms with van der Waals surface area (Å²) < 4.78 is 4.68. The van der Waals surface area contributed by atoms with Crippen LogP contribution in [0.4, 0.5) is 0 Å². The molecule has 0 bridgehead atoms. The van der Waals surface area contributed by atoms with Crippen LogP contribution >= 0.6 is 0 Å². The molecular weight excluding hydrogens is 224 g/mol. The van der Waals surface area contributed by atoms with Gasteiger partial charge in [-0.2, -0.15) is 0 Å². The van der Waals surface area contributed by atoms with Crippen molar-refractivity contribution < 1.29 is 24.2 Å². The highest BCUT2D eigenvalue weighted by atomic mass is 16.5. The number of esters is 1. The third-order valence-electron chi connectivity index (χ3n) is 2.11. The molecule has 90 valence electrons. The van der Waals surface area contributed by atoms with Crippen LogP contribution in [0.3, 0.4) is 0 Å². The molecule has 0 unspecified atom stereocenters. The molecule has 0 spiro atoms. The molecule has 0 saturated heterocycles. The minimum Gasteiger partial charge on any atom is -0.478 e. The summed E-state index contributed by atoms with van der Waals surface area (Å²) in [6.07, 6.45) is 0.214. The van der Waals surface area contributed by atoms with Gasteiger partial charge in [-0.3, -0.25) is 9.59 Å². The van der Waals surface area contributed by atoms with E-state index in [0.29, 0.717) is 5.56 Å². The maximum Gasteiger partial charge on any atom is 0.335 e. The first-order valence-corrected chi connectivity index (χ1v) is 5.06. The predicted molar refractivity (Wildman–Crippen MR) is 59.0 cm³/mol. The van der Waals surface area contributed by atoms with Crippen LogP contribution in [0.25, 0.3) is 0 Å². The standard InChI is InChI=1S/C12H12O5/c1-2-11(14)17-7-10(13)8-3-5-9(6-4-8)12(15)16/h3-6H,2,7H2,1H3,(H,15,16). The van der Waals surface area contributed by atoms with Gasteiger partial charge in [0.15, 0.2) is 12.4 Å². The second kappa shape index (κ2) is 5.79. The van der Waals surface area contributed by atoms with Gasteiger partial charge in [0.25, 0.3) is 0 Å². The molecular formula is C12H12O5. The lowest BCUT2D eigenvalue weighted by Crippen LogP contribution is -2.13. The molecule has 1 N–H and O–H groups in total. The van der Waals surface area contributed by atoms with Crippen LogP contribution in [0.1, 0.15) is 34.1 Å². The molecule has 0 aliphatic heterocycles. The Bertz CT molecular complexity index is 433. The first-order chi connectivity index (χ1) is 8.04. The Morgan fingerprint density at radius 3 is 2.12 bits per heavy atom. The van der Waals surface area contributed by atoms with E-state index in [1.807, 2.05) is 0 Å². The van der Waals surface area contributed by atoms with Gasteiger partial charge < -0.3 is 9.84 Å². The summed E-state index contributed by atoms with van der Waals surface area (Å²) in [5.74, 6) is -1.86. The maximum absolute atomic E-state index is 11.5. The number of hydrogen-bond acceptors (Lipinski definition) is 4. The Morgan fingerprint density at radius 1 is 1.12 bits per heavy atom. The molecule has 1 rings (SSSR count). The van der Waals surface area contributed by atoms with Crippen molar-refractivity contribution in [2.45, 2.75) is 13.3 Å². The monoisotopic (exact) mass is 236 g/mol. The summed E-state index contributed by atoms with van der Waals surface area (Å²) in [6.45, 7) is 1.31. The SMILES string of the molecule is CCC(=O)OCC(=O)c1ccc(C(=O)O)cc1. The van der Waals surface area contributed by atoms with Gasteiger partial charge in [0.1, 0.15) is 0 Å². The normalized spacial score (nSPS) is 9.71. The van der Waals surface area contributed by atoms with Gasteiger partial charge in [-0.05, 0) is 12.1 Å². The Labute approximate surface area is 98.0 Å². The molecule has 1 aromatic rings. The Hall–Kier alpha value is -2.17. The van der Waals surface area contributed by atoms with Crippen molar-refractivity contribution in [3.05, 3.63) is 35.4 Å². The average molecular weight is 236 g/mol. The summed E-state index contributed by atoms with van der Waals surface area (Å²) in [5.41, 5.74) is 0.422. The fraction of sp³-hybridized carbons (Fsp3) is 0.250. The topological polar surface area (TPSA) is 80.7 Å². The van der Waals surface area contributed by atoms with Gasteiger partial charge in [-0.1, -0.05) is 19.1 Å². The molecule has 0 atom stereocenters. The van der Waals surface area contributed by atoms with Gasteiger partial charge in [-0.15, -0.1) is 0 Å². The van der Waals surface area contributed by atoms with Gasteiger partial charge in [-0.25, -0.2) is 4.79 Å². The lowest BCUT2D eigenvalue weighted by Gasteiger charge is -2.03. The number of Topliss-reactive ketones (excluding diaryl/α,β-unsaturated/α-hetero) is 1. The molecule has 5 heteroatoms. The highest BCUT2D eigenvalue weighted by Gasteiger charge is 2.10. The second-order valence-corrected chi connectivity index (χ2v) is 3.32. The fourth-order valence-electron chi connectivity index (χ4n) is 1.13. The summed E-state index contributed by atoms with van der Waals surface area (Å²) in [7, 11) is 0. The zero-order chi connectivity index (χ0) is 12.8. The number of aromatic carboxylic acids is 1. The molecule has 0 amide bonds. The minimum atomic E-state index is -1.05. The van der Waals surface area contributed by atoms with Crippen molar-refractivity contribution in [2.24, 2.45) is 0 Å². The van der Waals surface area contributed by atoms with E-state index < -0.39 is 11.9 Å². The molecule has 0 fully saturated rings. The predicted octanol–water partition coefficient (Wildman–Crippen LogP) is 1.52. The smallest absolute Gasteiger partial charge is 0.335 e. The summed E-state index contributed by atoms with van der Waals surface area (Å²) in [4.78, 5) is 32.9. The fourth-order valence-corrected chi connectivity index (χ4v) is 1.13. The number of carbonyl (C=O) groups excluding carboxylic acids is 2. The average Bonchev–Trinajstić information content (AvgIpc) is 2.35. The largest absolute Gasteiger partial charge is 0.478 e. The molecule has 17 heavy (non-hydrogen) atoms. The quantitative estimate of drug-likeness (QED) is 0.619. The number of ether oxygens (including phenoxy) is 1. The zero-order valence-electron chi connectivity index (χ0n) is 9.30. The number of carboxylic acid groups (broad SMARTS) is 1. The van der Waals surface area contributed by atoms with E-state index >= 15 is 0 Å². The van der Waals surface area contributed by atoms with Crippen LogP contribution in [0.5, 0.6) is 0 Å². The van der Waals surface area contributed by atoms with Crippen molar-refractivity contribution >= 4 is 17.7 Å². The van der Waals surface area contributed by atoms with Crippen molar-refractivity contribution in [1.82, 2.24) is 0 Å². The Morgan fingerprint density at radius 2 is 1.65 bits per heavy atom. The molecule has 0 radical (unpaired) electrons. The second-order valence-electron chi connectivity index (χ2n) is 3.32. The Kier molecular flexibility index (Phi) is 4.39. The molecule has 0 aliphatic rings. The van der Waals surface area contributed by atoms with E-state index in [0.717, 1.165) is 0 Å². The number of carbonyl (C=O) groups is 3. The molecule has 0 aromatic heterocycles. The number of rotatable bonds is 5. The van der Waals surface area contributed by atoms with Crippen molar-refractivity contribution in [2.75, 3.05) is 6.61 Å². The third-order valence-corrected chi connectivity index (χ3v) is 2.11. The van der Waals surface area contributed by atoms with Gasteiger partial charge in [0, 0.05) is 12.0 Å². The van der Waals surface area contributed by atoms with Crippen molar-refractivity contribution in [3.63, 3.8) is 0 Å². The van der Waals surface area contributed by atoms with Gasteiger partial charge in [0.2, 0.25) is 0 Å². The van der Waals surface area contributed by atoms with E-state index in [1.54, 1.807) is 6.92 Å². The van der Waals surface area contributed by atoms with Crippen LogP contribution in [0, 0.1) is 0 Å². The van der Waals surface area contributed by atoms with Crippen molar-refractivity contribution in [1.29, 1.82) is 0 Å². The highest BCUT2D eigenvalue weighted by molar-refractivity contribution is 5.98. The number of carboxylic acids is 1. The first kappa shape index (κ1) is 12.9. The number of benzene rings is 1. The summed E-state index contributed by atoms with van der Waals surface area (Å²) in [5, 5.41) is 8.67. The zero-order valence-corrected chi connectivity index (χ0v) is 9.30. The molecule has 0 heterocycles. The lowest BCUT2D eigenvalue weighted by atomic mass is 10.1. The van der Waals surface area contributed by atoms with Crippen LogP contribution in [-0.4, -0.2) is 29.4 Å². The molecule has 0 saturated carbocycles. The van der Waals surface area contributed by atoms with Crippen LogP contribution in [-0.2, 0) is 9.53 Å².